The lowest BCUT2D eigenvalue weighted by molar-refractivity contribution is -0.135. The minimum atomic E-state index is -0.254. The summed E-state index contributed by atoms with van der Waals surface area (Å²) in [5.74, 6) is 1.32. The molecule has 2 aliphatic rings. The Bertz CT molecular complexity index is 824. The van der Waals surface area contributed by atoms with Gasteiger partial charge >= 0.3 is 0 Å². The van der Waals surface area contributed by atoms with Crippen molar-refractivity contribution in [1.82, 2.24) is 4.90 Å². The molecule has 3 atom stereocenters. The molecule has 2 fully saturated rings. The van der Waals surface area contributed by atoms with Crippen molar-refractivity contribution < 1.29 is 19.4 Å². The van der Waals surface area contributed by atoms with Crippen molar-refractivity contribution in [2.75, 3.05) is 20.3 Å². The van der Waals surface area contributed by atoms with E-state index in [0.717, 1.165) is 25.7 Å². The highest BCUT2D eigenvalue weighted by atomic mass is 16.5. The average molecular weight is 381 g/mol. The second kappa shape index (κ2) is 7.84. The van der Waals surface area contributed by atoms with Crippen LogP contribution >= 0.6 is 0 Å². The van der Waals surface area contributed by atoms with Crippen LogP contribution in [-0.2, 0) is 11.2 Å². The summed E-state index contributed by atoms with van der Waals surface area (Å²) >= 11 is 0. The van der Waals surface area contributed by atoms with Gasteiger partial charge in [-0.15, -0.1) is 0 Å². The number of hydrogen-bond donors (Lipinski definition) is 1. The van der Waals surface area contributed by atoms with Crippen molar-refractivity contribution in [3.63, 3.8) is 0 Å². The van der Waals surface area contributed by atoms with Gasteiger partial charge in [0.1, 0.15) is 11.5 Å². The Labute approximate surface area is 165 Å². The van der Waals surface area contributed by atoms with Gasteiger partial charge in [-0.25, -0.2) is 0 Å². The molecule has 1 N–H and O–H groups in total. The van der Waals surface area contributed by atoms with E-state index >= 15 is 0 Å². The number of ether oxygens (including phenoxy) is 2. The van der Waals surface area contributed by atoms with Gasteiger partial charge < -0.3 is 19.5 Å². The van der Waals surface area contributed by atoms with Gasteiger partial charge in [-0.05, 0) is 43.4 Å². The predicted octanol–water partition coefficient (Wildman–Crippen LogP) is 3.06. The molecule has 1 amide bonds. The van der Waals surface area contributed by atoms with Gasteiger partial charge in [-0.3, -0.25) is 4.79 Å². The molecule has 5 heteroatoms. The lowest BCUT2D eigenvalue weighted by Crippen LogP contribution is -2.45. The molecule has 0 saturated carbocycles. The minimum Gasteiger partial charge on any atom is -0.497 e. The zero-order chi connectivity index (χ0) is 19.6. The first kappa shape index (κ1) is 18.8. The Balaban J connectivity index is 1.45. The Morgan fingerprint density at radius 2 is 1.93 bits per heavy atom. The molecule has 4 rings (SSSR count). The van der Waals surface area contributed by atoms with Gasteiger partial charge in [0.15, 0.2) is 6.61 Å². The molecule has 2 aromatic carbocycles. The first-order valence-corrected chi connectivity index (χ1v) is 9.88. The second-order valence-corrected chi connectivity index (χ2v) is 7.90. The van der Waals surface area contributed by atoms with E-state index in [1.165, 1.54) is 5.56 Å². The van der Waals surface area contributed by atoms with E-state index in [2.05, 4.69) is 12.1 Å². The molecular weight excluding hydrogens is 354 g/mol. The zero-order valence-electron chi connectivity index (χ0n) is 16.2. The summed E-state index contributed by atoms with van der Waals surface area (Å²) in [7, 11) is 1.60. The molecule has 0 aliphatic carbocycles. The van der Waals surface area contributed by atoms with Gasteiger partial charge in [-0.1, -0.05) is 36.4 Å². The topological polar surface area (TPSA) is 59.0 Å². The number of aliphatic hydroxyl groups is 1. The molecule has 5 nitrogen and oxygen atoms in total. The van der Waals surface area contributed by atoms with Crippen LogP contribution in [0.3, 0.4) is 0 Å². The molecule has 2 saturated heterocycles. The quantitative estimate of drug-likeness (QED) is 0.801. The third-order valence-corrected chi connectivity index (χ3v) is 6.26. The van der Waals surface area contributed by atoms with Crippen molar-refractivity contribution in [2.24, 2.45) is 5.41 Å². The van der Waals surface area contributed by atoms with Crippen molar-refractivity contribution in [2.45, 2.75) is 37.8 Å². The van der Waals surface area contributed by atoms with Gasteiger partial charge in [0.25, 0.3) is 5.91 Å². The van der Waals surface area contributed by atoms with Crippen LogP contribution in [0.4, 0.5) is 0 Å². The van der Waals surface area contributed by atoms with Crippen LogP contribution in [-0.4, -0.2) is 48.3 Å². The molecule has 2 aliphatic heterocycles. The number of hydrogen-bond acceptors (Lipinski definition) is 4. The number of carbonyl (C=O) groups is 1. The summed E-state index contributed by atoms with van der Waals surface area (Å²) < 4.78 is 10.9. The van der Waals surface area contributed by atoms with E-state index in [9.17, 15) is 9.90 Å². The lowest BCUT2D eigenvalue weighted by Gasteiger charge is -2.36. The number of rotatable bonds is 7. The van der Waals surface area contributed by atoms with E-state index in [4.69, 9.17) is 9.47 Å². The summed E-state index contributed by atoms with van der Waals surface area (Å²) in [5.41, 5.74) is 0.958. The van der Waals surface area contributed by atoms with E-state index in [1.807, 2.05) is 41.3 Å². The molecule has 0 spiro atoms. The third-order valence-electron chi connectivity index (χ3n) is 6.26. The highest BCUT2D eigenvalue weighted by Gasteiger charge is 2.56. The monoisotopic (exact) mass is 381 g/mol. The van der Waals surface area contributed by atoms with Crippen LogP contribution in [0.5, 0.6) is 11.5 Å². The molecule has 148 valence electrons. The Morgan fingerprint density at radius 1 is 1.14 bits per heavy atom. The van der Waals surface area contributed by atoms with Crippen molar-refractivity contribution in [1.29, 1.82) is 0 Å². The maximum atomic E-state index is 13.0. The Kier molecular flexibility index (Phi) is 5.27. The standard InChI is InChI=1S/C23H27NO4/c1-27-19-8-5-9-20(12-19)28-15-22(26)24-18-10-11-21(24)23(14-18,16-25)13-17-6-3-2-4-7-17/h2-9,12,18,21,25H,10-11,13-16H2,1H3/t18-,21+,23-/m0/s1. The fraction of sp³-hybridized carbons (Fsp3) is 0.435. The summed E-state index contributed by atoms with van der Waals surface area (Å²) in [6.45, 7) is 0.108. The number of methoxy groups -OCH3 is 1. The van der Waals surface area contributed by atoms with E-state index < -0.39 is 0 Å². The number of aliphatic hydroxyl groups excluding tert-OH is 1. The predicted molar refractivity (Wildman–Crippen MR) is 106 cm³/mol. The van der Waals surface area contributed by atoms with Crippen molar-refractivity contribution >= 4 is 5.91 Å². The van der Waals surface area contributed by atoms with Gasteiger partial charge in [-0.2, -0.15) is 0 Å². The van der Waals surface area contributed by atoms with Gasteiger partial charge in [0.2, 0.25) is 0 Å². The normalized spacial score (nSPS) is 25.7. The zero-order valence-corrected chi connectivity index (χ0v) is 16.2. The molecule has 2 aromatic rings. The van der Waals surface area contributed by atoms with Crippen LogP contribution in [0.1, 0.15) is 24.8 Å². The molecule has 0 radical (unpaired) electrons. The van der Waals surface area contributed by atoms with Crippen molar-refractivity contribution in [3.8, 4) is 11.5 Å². The fourth-order valence-electron chi connectivity index (χ4n) is 5.00. The van der Waals surface area contributed by atoms with Crippen LogP contribution in [0, 0.1) is 5.41 Å². The van der Waals surface area contributed by atoms with Crippen LogP contribution in [0.15, 0.2) is 54.6 Å². The summed E-state index contributed by atoms with van der Waals surface area (Å²) in [4.78, 5) is 15.0. The highest BCUT2D eigenvalue weighted by Crippen LogP contribution is 2.51. The van der Waals surface area contributed by atoms with E-state index in [-0.39, 0.29) is 36.6 Å². The summed E-state index contributed by atoms with van der Waals surface area (Å²) in [6, 6.07) is 17.8. The number of carbonyl (C=O) groups excluding carboxylic acids is 1. The lowest BCUT2D eigenvalue weighted by atomic mass is 9.70. The molecule has 28 heavy (non-hydrogen) atoms. The third kappa shape index (κ3) is 3.47. The SMILES string of the molecule is COc1cccc(OCC(=O)N2[C@H]3CC[C@@H]2[C@@](CO)(Cc2ccccc2)C3)c1. The maximum Gasteiger partial charge on any atom is 0.261 e. The smallest absolute Gasteiger partial charge is 0.261 e. The first-order valence-electron chi connectivity index (χ1n) is 9.88. The average Bonchev–Trinajstić information content (AvgIpc) is 3.29. The molecule has 0 aromatic heterocycles. The molecule has 2 bridgehead atoms. The maximum absolute atomic E-state index is 13.0. The second-order valence-electron chi connectivity index (χ2n) is 7.90. The minimum absolute atomic E-state index is 0.00120. The molecular formula is C23H27NO4. The summed E-state index contributed by atoms with van der Waals surface area (Å²) in [5, 5.41) is 10.3. The van der Waals surface area contributed by atoms with E-state index in [1.54, 1.807) is 13.2 Å². The number of nitrogens with zero attached hydrogens (tertiary/aromatic N) is 1. The van der Waals surface area contributed by atoms with Crippen molar-refractivity contribution in [3.05, 3.63) is 60.2 Å². The molecule has 0 unspecified atom stereocenters. The highest BCUT2D eigenvalue weighted by molar-refractivity contribution is 5.79. The number of benzene rings is 2. The van der Waals surface area contributed by atoms with E-state index in [0.29, 0.717) is 11.5 Å². The fourth-order valence-corrected chi connectivity index (χ4v) is 5.00. The van der Waals surface area contributed by atoms with Gasteiger partial charge in [0.05, 0.1) is 13.7 Å². The van der Waals surface area contributed by atoms with Crippen LogP contribution in [0.2, 0.25) is 0 Å². The Hall–Kier alpha value is -2.53. The van der Waals surface area contributed by atoms with Crippen LogP contribution in [0.25, 0.3) is 0 Å². The Morgan fingerprint density at radius 3 is 2.68 bits per heavy atom. The van der Waals surface area contributed by atoms with Crippen LogP contribution < -0.4 is 9.47 Å². The number of amides is 1. The van der Waals surface area contributed by atoms with Gasteiger partial charge in [0, 0.05) is 23.6 Å². The largest absolute Gasteiger partial charge is 0.497 e. The number of fused-ring (bicyclic) bond motifs is 2. The summed E-state index contributed by atoms with van der Waals surface area (Å²) in [6.07, 6.45) is 3.61. The first-order chi connectivity index (χ1) is 13.6. The molecule has 2 heterocycles.